The molecular formula is C10H6Cl2FNS. The molecule has 0 spiro atoms. The summed E-state index contributed by atoms with van der Waals surface area (Å²) in [6.45, 7) is 0. The predicted molar refractivity (Wildman–Crippen MR) is 62.1 cm³/mol. The molecule has 0 bridgehead atoms. The van der Waals surface area contributed by atoms with E-state index in [0.29, 0.717) is 10.3 Å². The zero-order valence-electron chi connectivity index (χ0n) is 7.51. The van der Waals surface area contributed by atoms with Gasteiger partial charge in [-0.05, 0) is 17.7 Å². The Morgan fingerprint density at radius 3 is 2.53 bits per heavy atom. The highest BCUT2D eigenvalue weighted by Crippen LogP contribution is 2.33. The highest BCUT2D eigenvalue weighted by Gasteiger charge is 2.10. The topological polar surface area (TPSA) is 12.9 Å². The Balaban J connectivity index is 2.48. The van der Waals surface area contributed by atoms with Gasteiger partial charge >= 0.3 is 0 Å². The second-order valence-corrected chi connectivity index (χ2v) is 4.73. The van der Waals surface area contributed by atoms with E-state index in [-0.39, 0.29) is 5.82 Å². The predicted octanol–water partition coefficient (Wildman–Crippen LogP) is 4.34. The molecule has 0 aliphatic carbocycles. The first-order valence-electron chi connectivity index (χ1n) is 4.18. The molecular weight excluding hydrogens is 256 g/mol. The monoisotopic (exact) mass is 261 g/mol. The van der Waals surface area contributed by atoms with Crippen LogP contribution in [0.25, 0.3) is 10.4 Å². The van der Waals surface area contributed by atoms with Gasteiger partial charge in [0.1, 0.15) is 5.82 Å². The van der Waals surface area contributed by atoms with Crippen LogP contribution in [0.3, 0.4) is 0 Å². The maximum absolute atomic E-state index is 12.7. The second-order valence-electron chi connectivity index (χ2n) is 2.88. The summed E-state index contributed by atoms with van der Waals surface area (Å²) < 4.78 is 13.2. The first-order chi connectivity index (χ1) is 7.20. The molecule has 1 nitrogen and oxygen atoms in total. The Kier molecular flexibility index (Phi) is 3.24. The van der Waals surface area contributed by atoms with Crippen LogP contribution in [-0.2, 0) is 5.88 Å². The average molecular weight is 262 g/mol. The van der Waals surface area contributed by atoms with Gasteiger partial charge in [-0.1, -0.05) is 23.7 Å². The van der Waals surface area contributed by atoms with Crippen LogP contribution in [0.1, 0.15) is 5.69 Å². The van der Waals surface area contributed by atoms with E-state index >= 15 is 0 Å². The van der Waals surface area contributed by atoms with Crippen molar-refractivity contribution < 1.29 is 4.39 Å². The van der Waals surface area contributed by atoms with E-state index in [1.54, 1.807) is 12.1 Å². The molecule has 78 valence electrons. The van der Waals surface area contributed by atoms with Crippen molar-refractivity contribution in [2.24, 2.45) is 0 Å². The molecule has 0 aliphatic rings. The standard InChI is InChI=1S/C10H6Cl2FNS/c11-5-8-9(15-10(12)14-8)6-1-3-7(13)4-2-6/h1-4H,5H2. The molecule has 0 N–H and O–H groups in total. The van der Waals surface area contributed by atoms with Crippen LogP contribution in [0, 0.1) is 5.82 Å². The maximum atomic E-state index is 12.7. The molecule has 0 aliphatic heterocycles. The normalized spacial score (nSPS) is 10.6. The minimum absolute atomic E-state index is 0.262. The fourth-order valence-electron chi connectivity index (χ4n) is 1.24. The summed E-state index contributed by atoms with van der Waals surface area (Å²) in [4.78, 5) is 4.98. The van der Waals surface area contributed by atoms with Crippen LogP contribution in [0.15, 0.2) is 24.3 Å². The fraction of sp³-hybridized carbons (Fsp3) is 0.100. The molecule has 1 aromatic heterocycles. The number of rotatable bonds is 2. The third kappa shape index (κ3) is 2.30. The molecule has 0 fully saturated rings. The third-order valence-electron chi connectivity index (χ3n) is 1.90. The van der Waals surface area contributed by atoms with Gasteiger partial charge in [0.25, 0.3) is 0 Å². The van der Waals surface area contributed by atoms with E-state index < -0.39 is 0 Å². The second kappa shape index (κ2) is 4.47. The first-order valence-corrected chi connectivity index (χ1v) is 5.90. The molecule has 1 aromatic carbocycles. The van der Waals surface area contributed by atoms with Crippen molar-refractivity contribution in [1.82, 2.24) is 4.98 Å². The summed E-state index contributed by atoms with van der Waals surface area (Å²) >= 11 is 12.9. The van der Waals surface area contributed by atoms with Gasteiger partial charge in [0, 0.05) is 0 Å². The van der Waals surface area contributed by atoms with Gasteiger partial charge in [0.2, 0.25) is 0 Å². The van der Waals surface area contributed by atoms with Crippen LogP contribution < -0.4 is 0 Å². The molecule has 2 rings (SSSR count). The summed E-state index contributed by atoms with van der Waals surface area (Å²) in [5.74, 6) is 0.0393. The van der Waals surface area contributed by atoms with Crippen molar-refractivity contribution in [3.63, 3.8) is 0 Å². The Bertz CT molecular complexity index is 467. The van der Waals surface area contributed by atoms with E-state index in [1.165, 1.54) is 23.5 Å². The number of aromatic nitrogens is 1. The highest BCUT2D eigenvalue weighted by atomic mass is 35.5. The van der Waals surface area contributed by atoms with Gasteiger partial charge in [-0.3, -0.25) is 0 Å². The number of alkyl halides is 1. The van der Waals surface area contributed by atoms with E-state index in [9.17, 15) is 4.39 Å². The molecule has 0 atom stereocenters. The van der Waals surface area contributed by atoms with Gasteiger partial charge in [0.05, 0.1) is 16.5 Å². The van der Waals surface area contributed by atoms with Crippen LogP contribution in [0.4, 0.5) is 4.39 Å². The van der Waals surface area contributed by atoms with E-state index in [1.807, 2.05) is 0 Å². The van der Waals surface area contributed by atoms with Crippen molar-refractivity contribution in [3.8, 4) is 10.4 Å². The smallest absolute Gasteiger partial charge is 0.184 e. The Labute approximate surface area is 100 Å². The molecule has 0 radical (unpaired) electrons. The fourth-order valence-corrected chi connectivity index (χ4v) is 2.66. The molecule has 2 aromatic rings. The van der Waals surface area contributed by atoms with Gasteiger partial charge in [0.15, 0.2) is 4.47 Å². The molecule has 5 heteroatoms. The SMILES string of the molecule is Fc1ccc(-c2sc(Cl)nc2CCl)cc1. The molecule has 1 heterocycles. The summed E-state index contributed by atoms with van der Waals surface area (Å²) in [6.07, 6.45) is 0. The van der Waals surface area contributed by atoms with Crippen LogP contribution in [-0.4, -0.2) is 4.98 Å². The zero-order valence-corrected chi connectivity index (χ0v) is 9.83. The van der Waals surface area contributed by atoms with Crippen molar-refractivity contribution in [3.05, 3.63) is 40.2 Å². The van der Waals surface area contributed by atoms with Crippen molar-refractivity contribution >= 4 is 34.5 Å². The van der Waals surface area contributed by atoms with Crippen LogP contribution in [0.5, 0.6) is 0 Å². The van der Waals surface area contributed by atoms with Gasteiger partial charge in [-0.15, -0.1) is 22.9 Å². The quantitative estimate of drug-likeness (QED) is 0.733. The summed E-state index contributed by atoms with van der Waals surface area (Å²) in [7, 11) is 0. The van der Waals surface area contributed by atoms with E-state index in [0.717, 1.165) is 16.1 Å². The number of benzene rings is 1. The van der Waals surface area contributed by atoms with Crippen LogP contribution in [0.2, 0.25) is 4.47 Å². The summed E-state index contributed by atoms with van der Waals surface area (Å²) in [6, 6.07) is 6.19. The molecule has 0 saturated carbocycles. The number of halogens is 3. The lowest BCUT2D eigenvalue weighted by Crippen LogP contribution is -1.82. The van der Waals surface area contributed by atoms with Gasteiger partial charge in [-0.25, -0.2) is 9.37 Å². The minimum Gasteiger partial charge on any atom is -0.228 e. The van der Waals surface area contributed by atoms with Gasteiger partial charge < -0.3 is 0 Å². The lowest BCUT2D eigenvalue weighted by molar-refractivity contribution is 0.628. The lowest BCUT2D eigenvalue weighted by Gasteiger charge is -1.98. The molecule has 0 saturated heterocycles. The lowest BCUT2D eigenvalue weighted by atomic mass is 10.1. The molecule has 0 unspecified atom stereocenters. The minimum atomic E-state index is -0.262. The Morgan fingerprint density at radius 2 is 1.93 bits per heavy atom. The summed E-state index contributed by atoms with van der Waals surface area (Å²) in [5.41, 5.74) is 1.62. The van der Waals surface area contributed by atoms with Crippen LogP contribution >= 0.6 is 34.5 Å². The van der Waals surface area contributed by atoms with E-state index in [2.05, 4.69) is 4.98 Å². The largest absolute Gasteiger partial charge is 0.228 e. The number of hydrogen-bond acceptors (Lipinski definition) is 2. The van der Waals surface area contributed by atoms with E-state index in [4.69, 9.17) is 23.2 Å². The van der Waals surface area contributed by atoms with Crippen molar-refractivity contribution in [2.75, 3.05) is 0 Å². The third-order valence-corrected chi connectivity index (χ3v) is 3.41. The average Bonchev–Trinajstić information content (AvgIpc) is 2.61. The van der Waals surface area contributed by atoms with Crippen molar-refractivity contribution in [2.45, 2.75) is 5.88 Å². The zero-order chi connectivity index (χ0) is 10.8. The molecule has 0 amide bonds. The number of nitrogens with zero attached hydrogens (tertiary/aromatic N) is 1. The Hall–Kier alpha value is -0.640. The Morgan fingerprint density at radius 1 is 1.27 bits per heavy atom. The highest BCUT2D eigenvalue weighted by molar-refractivity contribution is 7.19. The van der Waals surface area contributed by atoms with Crippen molar-refractivity contribution in [1.29, 1.82) is 0 Å². The summed E-state index contributed by atoms with van der Waals surface area (Å²) in [5, 5.41) is 0. The molecule has 15 heavy (non-hydrogen) atoms. The maximum Gasteiger partial charge on any atom is 0.184 e. The number of hydrogen-bond donors (Lipinski definition) is 0. The van der Waals surface area contributed by atoms with Gasteiger partial charge in [-0.2, -0.15) is 0 Å². The number of thiazole rings is 1. The first kappa shape index (κ1) is 10.9.